The molecule has 30 heavy (non-hydrogen) atoms. The van der Waals surface area contributed by atoms with Crippen LogP contribution in [0.5, 0.6) is 5.75 Å². The Balaban J connectivity index is 0.00000841. The molecule has 0 saturated carbocycles. The Morgan fingerprint density at radius 3 is 2.43 bits per heavy atom. The number of aliphatic imine (C=N–C) groups is 1. The minimum atomic E-state index is -0.478. The summed E-state index contributed by atoms with van der Waals surface area (Å²) in [5, 5.41) is 6.83. The van der Waals surface area contributed by atoms with Crippen molar-refractivity contribution in [1.82, 2.24) is 15.5 Å². The maximum absolute atomic E-state index is 10.8. The van der Waals surface area contributed by atoms with E-state index in [1.807, 2.05) is 24.3 Å². The third-order valence-corrected chi connectivity index (χ3v) is 4.71. The molecule has 0 saturated heterocycles. The second-order valence-electron chi connectivity index (χ2n) is 7.12. The number of guanidine groups is 1. The Morgan fingerprint density at radius 2 is 1.87 bits per heavy atom. The molecule has 4 N–H and O–H groups in total. The largest absolute Gasteiger partial charge is 0.484 e. The normalized spacial score (nSPS) is 12.2. The molecule has 8 heteroatoms. The summed E-state index contributed by atoms with van der Waals surface area (Å²) < 4.78 is 5.28. The second kappa shape index (κ2) is 17.2. The summed E-state index contributed by atoms with van der Waals surface area (Å²) in [5.41, 5.74) is 6.25. The molecule has 7 nitrogen and oxygen atoms in total. The van der Waals surface area contributed by atoms with Crippen molar-refractivity contribution in [3.8, 4) is 5.75 Å². The molecular formula is C22H40IN5O2. The molecular weight excluding hydrogens is 493 g/mol. The van der Waals surface area contributed by atoms with E-state index in [0.717, 1.165) is 45.0 Å². The van der Waals surface area contributed by atoms with Gasteiger partial charge in [0.2, 0.25) is 0 Å². The fourth-order valence-corrected chi connectivity index (χ4v) is 2.99. The van der Waals surface area contributed by atoms with E-state index in [2.05, 4.69) is 43.2 Å². The minimum absolute atomic E-state index is 0. The number of carbonyl (C=O) groups excluding carboxylic acids is 1. The van der Waals surface area contributed by atoms with Crippen LogP contribution in [0.2, 0.25) is 0 Å². The fraction of sp³-hybridized carbons (Fsp3) is 0.636. The fourth-order valence-electron chi connectivity index (χ4n) is 2.99. The molecule has 0 spiro atoms. The van der Waals surface area contributed by atoms with Crippen molar-refractivity contribution >= 4 is 35.8 Å². The van der Waals surface area contributed by atoms with Crippen LogP contribution in [0.1, 0.15) is 46.1 Å². The van der Waals surface area contributed by atoms with Gasteiger partial charge in [0.15, 0.2) is 12.6 Å². The zero-order valence-corrected chi connectivity index (χ0v) is 21.3. The third kappa shape index (κ3) is 12.9. The van der Waals surface area contributed by atoms with Crippen molar-refractivity contribution in [3.05, 3.63) is 29.8 Å². The van der Waals surface area contributed by atoms with Crippen molar-refractivity contribution in [2.75, 3.05) is 39.3 Å². The SMILES string of the molecule is CCNC(=NCCc1ccc(OCC(N)=O)cc1)NC(C)CCCN(CC)CC.I. The van der Waals surface area contributed by atoms with Crippen molar-refractivity contribution in [1.29, 1.82) is 0 Å². The maximum atomic E-state index is 10.8. The van der Waals surface area contributed by atoms with Crippen LogP contribution >= 0.6 is 24.0 Å². The predicted molar refractivity (Wildman–Crippen MR) is 136 cm³/mol. The smallest absolute Gasteiger partial charge is 0.255 e. The Bertz CT molecular complexity index is 606. The van der Waals surface area contributed by atoms with Crippen LogP contribution in [0, 0.1) is 0 Å². The number of hydrogen-bond donors (Lipinski definition) is 3. The molecule has 1 atom stereocenters. The molecule has 0 aromatic heterocycles. The zero-order valence-electron chi connectivity index (χ0n) is 18.9. The molecule has 0 aliphatic rings. The topological polar surface area (TPSA) is 92.0 Å². The molecule has 1 unspecified atom stereocenters. The van der Waals surface area contributed by atoms with Gasteiger partial charge in [0.05, 0.1) is 0 Å². The number of nitrogens with one attached hydrogen (secondary N) is 2. The van der Waals surface area contributed by atoms with Crippen LogP contribution < -0.4 is 21.1 Å². The monoisotopic (exact) mass is 533 g/mol. The zero-order chi connectivity index (χ0) is 21.5. The highest BCUT2D eigenvalue weighted by molar-refractivity contribution is 14.0. The minimum Gasteiger partial charge on any atom is -0.484 e. The lowest BCUT2D eigenvalue weighted by Crippen LogP contribution is -2.42. The van der Waals surface area contributed by atoms with Crippen LogP contribution in [0.25, 0.3) is 0 Å². The van der Waals surface area contributed by atoms with Gasteiger partial charge >= 0.3 is 0 Å². The van der Waals surface area contributed by atoms with Crippen molar-refractivity contribution in [2.45, 2.75) is 53.0 Å². The number of benzene rings is 1. The number of nitrogens with zero attached hydrogens (tertiary/aromatic N) is 2. The van der Waals surface area contributed by atoms with Crippen LogP contribution in [-0.4, -0.2) is 62.1 Å². The van der Waals surface area contributed by atoms with Gasteiger partial charge < -0.3 is 26.0 Å². The molecule has 0 heterocycles. The number of primary amides is 1. The van der Waals surface area contributed by atoms with E-state index in [-0.39, 0.29) is 30.6 Å². The highest BCUT2D eigenvalue weighted by Gasteiger charge is 2.06. The molecule has 1 aromatic rings. The quantitative estimate of drug-likeness (QED) is 0.194. The van der Waals surface area contributed by atoms with Gasteiger partial charge in [-0.3, -0.25) is 9.79 Å². The van der Waals surface area contributed by atoms with E-state index in [1.54, 1.807) is 0 Å². The number of ether oxygens (including phenoxy) is 1. The molecule has 1 amide bonds. The van der Waals surface area contributed by atoms with E-state index in [1.165, 1.54) is 12.0 Å². The summed E-state index contributed by atoms with van der Waals surface area (Å²) in [4.78, 5) is 17.9. The Hall–Kier alpha value is -1.55. The summed E-state index contributed by atoms with van der Waals surface area (Å²) in [7, 11) is 0. The lowest BCUT2D eigenvalue weighted by molar-refractivity contribution is -0.119. The second-order valence-corrected chi connectivity index (χ2v) is 7.12. The lowest BCUT2D eigenvalue weighted by Gasteiger charge is -2.21. The predicted octanol–water partition coefficient (Wildman–Crippen LogP) is 2.78. The number of hydrogen-bond acceptors (Lipinski definition) is 4. The molecule has 1 rings (SSSR count). The number of halogens is 1. The molecule has 0 aliphatic carbocycles. The number of amides is 1. The third-order valence-electron chi connectivity index (χ3n) is 4.71. The van der Waals surface area contributed by atoms with Gasteiger partial charge in [-0.15, -0.1) is 24.0 Å². The molecule has 0 fully saturated rings. The van der Waals surface area contributed by atoms with E-state index in [0.29, 0.717) is 18.3 Å². The van der Waals surface area contributed by atoms with E-state index < -0.39 is 5.91 Å². The summed E-state index contributed by atoms with van der Waals surface area (Å²) in [6, 6.07) is 8.06. The van der Waals surface area contributed by atoms with E-state index >= 15 is 0 Å². The molecule has 0 radical (unpaired) electrons. The number of rotatable bonds is 14. The Kier molecular flexibility index (Phi) is 16.3. The van der Waals surface area contributed by atoms with E-state index in [4.69, 9.17) is 15.5 Å². The van der Waals surface area contributed by atoms with Gasteiger partial charge in [-0.2, -0.15) is 0 Å². The van der Waals surface area contributed by atoms with Crippen molar-refractivity contribution in [3.63, 3.8) is 0 Å². The Morgan fingerprint density at radius 1 is 1.20 bits per heavy atom. The van der Waals surface area contributed by atoms with Crippen LogP contribution in [0.3, 0.4) is 0 Å². The van der Waals surface area contributed by atoms with Crippen molar-refractivity contribution in [2.24, 2.45) is 10.7 Å². The first kappa shape index (κ1) is 28.5. The Labute approximate surface area is 199 Å². The van der Waals surface area contributed by atoms with Crippen LogP contribution in [0.15, 0.2) is 29.3 Å². The average molecular weight is 533 g/mol. The first-order chi connectivity index (χ1) is 14.0. The van der Waals surface area contributed by atoms with Gasteiger partial charge in [0.1, 0.15) is 5.75 Å². The summed E-state index contributed by atoms with van der Waals surface area (Å²) in [5.74, 6) is 1.03. The summed E-state index contributed by atoms with van der Waals surface area (Å²) >= 11 is 0. The van der Waals surface area contributed by atoms with E-state index in [9.17, 15) is 4.79 Å². The molecule has 172 valence electrons. The highest BCUT2D eigenvalue weighted by atomic mass is 127. The molecule has 0 bridgehead atoms. The molecule has 1 aromatic carbocycles. The highest BCUT2D eigenvalue weighted by Crippen LogP contribution is 2.12. The number of nitrogens with two attached hydrogens (primary N) is 1. The number of carbonyl (C=O) groups is 1. The van der Waals surface area contributed by atoms with Gasteiger partial charge in [0, 0.05) is 19.1 Å². The van der Waals surface area contributed by atoms with Gasteiger partial charge in [-0.05, 0) is 70.4 Å². The first-order valence-corrected chi connectivity index (χ1v) is 10.8. The van der Waals surface area contributed by atoms with Crippen LogP contribution in [-0.2, 0) is 11.2 Å². The van der Waals surface area contributed by atoms with Gasteiger partial charge in [0.25, 0.3) is 5.91 Å². The summed E-state index contributed by atoms with van der Waals surface area (Å²) in [6.07, 6.45) is 3.14. The maximum Gasteiger partial charge on any atom is 0.255 e. The van der Waals surface area contributed by atoms with Crippen LogP contribution in [0.4, 0.5) is 0 Å². The first-order valence-electron chi connectivity index (χ1n) is 10.8. The van der Waals surface area contributed by atoms with Crippen molar-refractivity contribution < 1.29 is 9.53 Å². The van der Waals surface area contributed by atoms with Gasteiger partial charge in [-0.1, -0.05) is 26.0 Å². The summed E-state index contributed by atoms with van der Waals surface area (Å²) in [6.45, 7) is 13.5. The lowest BCUT2D eigenvalue weighted by atomic mass is 10.1. The standard InChI is InChI=1S/C22H39N5O2.HI/c1-5-24-22(26-18(4)9-8-16-27(6-2)7-3)25-15-14-19-10-12-20(13-11-19)29-17-21(23)28;/h10-13,18H,5-9,14-17H2,1-4H3,(H2,23,28)(H2,24,25,26);1H. The van der Waals surface area contributed by atoms with Gasteiger partial charge in [-0.25, -0.2) is 0 Å². The molecule has 0 aliphatic heterocycles. The average Bonchev–Trinajstić information content (AvgIpc) is 2.70.